The highest BCUT2D eigenvalue weighted by atomic mass is 16.5. The largest absolute Gasteiger partial charge is 0.507 e. The van der Waals surface area contributed by atoms with Gasteiger partial charge in [0.2, 0.25) is 0 Å². The molecule has 2 aromatic carbocycles. The first-order valence-electron chi connectivity index (χ1n) is 11.4. The minimum absolute atomic E-state index is 0.171. The van der Waals surface area contributed by atoms with Gasteiger partial charge in [-0.25, -0.2) is 0 Å². The second-order valence-electron chi connectivity index (χ2n) is 8.83. The van der Waals surface area contributed by atoms with E-state index < -0.39 is 28.9 Å². The van der Waals surface area contributed by atoms with E-state index in [4.69, 9.17) is 4.74 Å². The van der Waals surface area contributed by atoms with Gasteiger partial charge in [-0.2, -0.15) is 0 Å². The lowest BCUT2D eigenvalue weighted by Gasteiger charge is -2.34. The van der Waals surface area contributed by atoms with Gasteiger partial charge in [0.25, 0.3) is 17.6 Å². The fraction of sp³-hybridized carbons (Fsp3) is 0.296. The van der Waals surface area contributed by atoms with Crippen LogP contribution >= 0.6 is 0 Å². The molecule has 35 heavy (non-hydrogen) atoms. The number of nitrogens with zero attached hydrogens (tertiary/aromatic N) is 3. The summed E-state index contributed by atoms with van der Waals surface area (Å²) in [5, 5.41) is 11.4. The Labute approximate surface area is 204 Å². The van der Waals surface area contributed by atoms with Crippen LogP contribution in [0.4, 0.5) is 5.69 Å². The molecule has 1 atom stereocenters. The van der Waals surface area contributed by atoms with Gasteiger partial charge in [0.1, 0.15) is 11.5 Å². The zero-order chi connectivity index (χ0) is 25.3. The summed E-state index contributed by atoms with van der Waals surface area (Å²) in [6.07, 6.45) is 2.14. The molecule has 1 saturated heterocycles. The maximum absolute atomic E-state index is 14.2. The molecule has 0 unspecified atom stereocenters. The number of amides is 2. The zero-order valence-corrected chi connectivity index (χ0v) is 20.2. The van der Waals surface area contributed by atoms with Crippen LogP contribution in [-0.2, 0) is 19.9 Å². The van der Waals surface area contributed by atoms with E-state index in [0.29, 0.717) is 35.5 Å². The number of carbonyl (C=O) groups is 3. The second-order valence-corrected chi connectivity index (χ2v) is 8.83. The van der Waals surface area contributed by atoms with Crippen molar-refractivity contribution in [1.82, 2.24) is 9.80 Å². The molecule has 0 aromatic heterocycles. The highest BCUT2D eigenvalue weighted by Crippen LogP contribution is 2.53. The number of carbonyl (C=O) groups excluding carboxylic acids is 3. The molecular formula is C27H29N3O5. The van der Waals surface area contributed by atoms with Gasteiger partial charge in [-0.3, -0.25) is 14.4 Å². The molecular weight excluding hydrogens is 446 g/mol. The van der Waals surface area contributed by atoms with Gasteiger partial charge in [-0.05, 0) is 57.4 Å². The Hall–Kier alpha value is -3.91. The summed E-state index contributed by atoms with van der Waals surface area (Å²) in [7, 11) is 5.35. The summed E-state index contributed by atoms with van der Waals surface area (Å²) >= 11 is 0. The van der Waals surface area contributed by atoms with E-state index in [1.807, 2.05) is 19.0 Å². The maximum Gasteiger partial charge on any atom is 0.296 e. The van der Waals surface area contributed by atoms with Crippen molar-refractivity contribution in [2.75, 3.05) is 45.7 Å². The van der Waals surface area contributed by atoms with Crippen molar-refractivity contribution >= 4 is 29.0 Å². The van der Waals surface area contributed by atoms with Gasteiger partial charge in [0.05, 0.1) is 18.4 Å². The standard InChI is InChI=1S/C27H29N3O5/c1-5-15-29-21-10-7-6-9-20(21)27(26(29)34)22(23(31)18-11-13-19(35-4)14-12-18)24(32)25(33)30(27)17-8-16-28(2)3/h5-7,9-14,31H,1,8,15-17H2,2-4H3/t27-/m1/s1. The smallest absolute Gasteiger partial charge is 0.296 e. The first-order chi connectivity index (χ1) is 16.8. The SMILES string of the molecule is C=CCN1C(=O)[C@]2(C(=C(O)c3ccc(OC)cc3)C(=O)C(=O)N2CCCN(C)C)c2ccccc21. The third kappa shape index (κ3) is 3.70. The molecule has 4 rings (SSSR count). The van der Waals surface area contributed by atoms with Crippen LogP contribution in [0, 0.1) is 0 Å². The molecule has 182 valence electrons. The fourth-order valence-electron chi connectivity index (χ4n) is 4.92. The molecule has 0 bridgehead atoms. The van der Waals surface area contributed by atoms with Crippen molar-refractivity contribution < 1.29 is 24.2 Å². The molecule has 2 aliphatic rings. The number of anilines is 1. The number of para-hydroxylation sites is 1. The Balaban J connectivity index is 1.98. The third-order valence-corrected chi connectivity index (χ3v) is 6.47. The van der Waals surface area contributed by atoms with Crippen LogP contribution in [0.5, 0.6) is 5.75 Å². The topological polar surface area (TPSA) is 90.4 Å². The zero-order valence-electron chi connectivity index (χ0n) is 20.2. The monoisotopic (exact) mass is 475 g/mol. The third-order valence-electron chi connectivity index (χ3n) is 6.47. The minimum atomic E-state index is -1.76. The molecule has 0 aliphatic carbocycles. The number of methoxy groups -OCH3 is 1. The van der Waals surface area contributed by atoms with Crippen LogP contribution in [-0.4, -0.2) is 73.3 Å². The lowest BCUT2D eigenvalue weighted by molar-refractivity contribution is -0.143. The summed E-state index contributed by atoms with van der Waals surface area (Å²) < 4.78 is 5.19. The second kappa shape index (κ2) is 9.38. The van der Waals surface area contributed by atoms with Crippen LogP contribution in [0.25, 0.3) is 5.76 Å². The number of Topliss-reactive ketones (excluding diaryl/α,β-unsaturated/α-hetero) is 1. The number of aliphatic hydroxyl groups is 1. The molecule has 1 fully saturated rings. The Kier molecular flexibility index (Phi) is 6.49. The Morgan fingerprint density at radius 1 is 1.11 bits per heavy atom. The molecule has 2 amide bonds. The molecule has 0 saturated carbocycles. The lowest BCUT2D eigenvalue weighted by Crippen LogP contribution is -2.52. The van der Waals surface area contributed by atoms with E-state index in [2.05, 4.69) is 6.58 Å². The van der Waals surface area contributed by atoms with Gasteiger partial charge in [-0.1, -0.05) is 24.3 Å². The molecule has 2 heterocycles. The number of hydrogen-bond acceptors (Lipinski definition) is 6. The number of ketones is 1. The number of fused-ring (bicyclic) bond motifs is 2. The predicted molar refractivity (Wildman–Crippen MR) is 133 cm³/mol. The van der Waals surface area contributed by atoms with E-state index in [9.17, 15) is 19.5 Å². The van der Waals surface area contributed by atoms with Gasteiger partial charge >= 0.3 is 0 Å². The van der Waals surface area contributed by atoms with Crippen molar-refractivity contribution in [2.45, 2.75) is 12.0 Å². The lowest BCUT2D eigenvalue weighted by atomic mass is 9.82. The molecule has 2 aromatic rings. The quantitative estimate of drug-likeness (QED) is 0.273. The van der Waals surface area contributed by atoms with E-state index in [1.54, 1.807) is 54.6 Å². The van der Waals surface area contributed by atoms with Crippen molar-refractivity contribution in [3.8, 4) is 5.75 Å². The maximum atomic E-state index is 14.2. The highest BCUT2D eigenvalue weighted by molar-refractivity contribution is 6.50. The molecule has 2 aliphatic heterocycles. The van der Waals surface area contributed by atoms with Crippen LogP contribution in [0.15, 0.2) is 66.8 Å². The summed E-state index contributed by atoms with van der Waals surface area (Å²) in [6.45, 7) is 4.79. The van der Waals surface area contributed by atoms with E-state index in [1.165, 1.54) is 16.9 Å². The fourth-order valence-corrected chi connectivity index (χ4v) is 4.92. The number of rotatable bonds is 8. The number of hydrogen-bond donors (Lipinski definition) is 1. The van der Waals surface area contributed by atoms with Crippen LogP contribution in [0.3, 0.4) is 0 Å². The van der Waals surface area contributed by atoms with Crippen LogP contribution < -0.4 is 9.64 Å². The average Bonchev–Trinajstić information content (AvgIpc) is 3.23. The molecule has 0 radical (unpaired) electrons. The summed E-state index contributed by atoms with van der Waals surface area (Å²) in [5.41, 5.74) is -0.599. The molecule has 1 N–H and O–H groups in total. The summed E-state index contributed by atoms with van der Waals surface area (Å²) in [4.78, 5) is 45.9. The summed E-state index contributed by atoms with van der Waals surface area (Å²) in [6, 6.07) is 13.5. The number of aliphatic hydroxyl groups excluding tert-OH is 1. The van der Waals surface area contributed by atoms with Crippen LogP contribution in [0.1, 0.15) is 17.5 Å². The first-order valence-corrected chi connectivity index (χ1v) is 11.4. The normalized spacial score (nSPS) is 20.7. The number of benzene rings is 2. The molecule has 1 spiro atoms. The highest BCUT2D eigenvalue weighted by Gasteiger charge is 2.66. The number of ether oxygens (including phenoxy) is 1. The van der Waals surface area contributed by atoms with Crippen molar-refractivity contribution in [3.63, 3.8) is 0 Å². The van der Waals surface area contributed by atoms with Gasteiger partial charge in [-0.15, -0.1) is 6.58 Å². The Morgan fingerprint density at radius 2 is 1.80 bits per heavy atom. The van der Waals surface area contributed by atoms with E-state index in [0.717, 1.165) is 0 Å². The molecule has 8 heteroatoms. The minimum Gasteiger partial charge on any atom is -0.507 e. The average molecular weight is 476 g/mol. The van der Waals surface area contributed by atoms with Gasteiger partial charge in [0.15, 0.2) is 5.54 Å². The van der Waals surface area contributed by atoms with Gasteiger partial charge in [0, 0.05) is 24.2 Å². The Morgan fingerprint density at radius 3 is 2.43 bits per heavy atom. The molecule has 8 nitrogen and oxygen atoms in total. The van der Waals surface area contributed by atoms with Crippen LogP contribution in [0.2, 0.25) is 0 Å². The summed E-state index contributed by atoms with van der Waals surface area (Å²) in [5.74, 6) is -1.98. The first kappa shape index (κ1) is 24.2. The van der Waals surface area contributed by atoms with Crippen molar-refractivity contribution in [3.05, 3.63) is 77.9 Å². The van der Waals surface area contributed by atoms with Crippen molar-refractivity contribution in [2.24, 2.45) is 0 Å². The predicted octanol–water partition coefficient (Wildman–Crippen LogP) is 2.76. The van der Waals surface area contributed by atoms with E-state index in [-0.39, 0.29) is 18.7 Å². The van der Waals surface area contributed by atoms with Crippen molar-refractivity contribution in [1.29, 1.82) is 0 Å². The van der Waals surface area contributed by atoms with Gasteiger partial charge < -0.3 is 24.5 Å². The number of likely N-dealkylation sites (tertiary alicyclic amines) is 1. The Bertz CT molecular complexity index is 1220. The van der Waals surface area contributed by atoms with E-state index >= 15 is 0 Å².